The molecule has 0 aromatic heterocycles. The van der Waals surface area contributed by atoms with Crippen LogP contribution < -0.4 is 10.0 Å². The molecule has 0 aliphatic carbocycles. The minimum absolute atomic E-state index is 0.139. The highest BCUT2D eigenvalue weighted by atomic mass is 32.2. The van der Waals surface area contributed by atoms with Crippen molar-refractivity contribution in [3.63, 3.8) is 0 Å². The van der Waals surface area contributed by atoms with Gasteiger partial charge in [0.05, 0.1) is 12.9 Å². The fourth-order valence-corrected chi connectivity index (χ4v) is 1.82. The lowest BCUT2D eigenvalue weighted by Crippen LogP contribution is -2.34. The van der Waals surface area contributed by atoms with Crippen molar-refractivity contribution in [2.45, 2.75) is 13.0 Å². The third kappa shape index (κ3) is 4.72. The van der Waals surface area contributed by atoms with Gasteiger partial charge in [-0.1, -0.05) is 0 Å². The zero-order chi connectivity index (χ0) is 13.8. The lowest BCUT2D eigenvalue weighted by molar-refractivity contribution is 0.0922. The lowest BCUT2D eigenvalue weighted by atomic mass is 10.2. The van der Waals surface area contributed by atoms with Crippen molar-refractivity contribution in [1.29, 1.82) is 0 Å². The molecule has 0 fully saturated rings. The number of sulfonamides is 1. The van der Waals surface area contributed by atoms with Crippen molar-refractivity contribution in [3.05, 3.63) is 29.8 Å². The number of hydrogen-bond donors (Lipinski definition) is 3. The van der Waals surface area contributed by atoms with Gasteiger partial charge in [0.2, 0.25) is 10.0 Å². The van der Waals surface area contributed by atoms with Gasteiger partial charge in [0.1, 0.15) is 0 Å². The van der Waals surface area contributed by atoms with Gasteiger partial charge in [0.15, 0.2) is 0 Å². The monoisotopic (exact) mass is 272 g/mol. The second-order valence-corrected chi connectivity index (χ2v) is 5.76. The van der Waals surface area contributed by atoms with E-state index in [1.165, 1.54) is 24.3 Å². The van der Waals surface area contributed by atoms with Crippen molar-refractivity contribution in [1.82, 2.24) is 5.32 Å². The number of carbonyl (C=O) groups is 1. The van der Waals surface area contributed by atoms with Crippen molar-refractivity contribution >= 4 is 21.6 Å². The molecule has 0 saturated carbocycles. The molecule has 18 heavy (non-hydrogen) atoms. The molecule has 100 valence electrons. The van der Waals surface area contributed by atoms with Gasteiger partial charge in [0.25, 0.3) is 5.91 Å². The molecule has 0 saturated heterocycles. The molecular formula is C11H16N2O4S. The number of aliphatic hydroxyl groups excluding tert-OH is 1. The molecule has 0 bridgehead atoms. The van der Waals surface area contributed by atoms with Gasteiger partial charge in [0, 0.05) is 17.3 Å². The molecule has 1 aromatic carbocycles. The first-order valence-electron chi connectivity index (χ1n) is 5.31. The van der Waals surface area contributed by atoms with E-state index in [0.29, 0.717) is 11.3 Å². The van der Waals surface area contributed by atoms with Gasteiger partial charge in [-0.15, -0.1) is 0 Å². The minimum Gasteiger partial charge on any atom is -0.394 e. The summed E-state index contributed by atoms with van der Waals surface area (Å²) in [5.74, 6) is -0.317. The summed E-state index contributed by atoms with van der Waals surface area (Å²) in [7, 11) is -3.32. The van der Waals surface area contributed by atoms with Crippen LogP contribution in [-0.4, -0.2) is 38.3 Å². The van der Waals surface area contributed by atoms with Crippen molar-refractivity contribution in [2.75, 3.05) is 17.6 Å². The largest absolute Gasteiger partial charge is 0.394 e. The Bertz CT molecular complexity index is 510. The molecule has 0 heterocycles. The third-order valence-corrected chi connectivity index (χ3v) is 2.71. The fraction of sp³-hybridized carbons (Fsp3) is 0.364. The van der Waals surface area contributed by atoms with Crippen LogP contribution in [0.2, 0.25) is 0 Å². The van der Waals surface area contributed by atoms with E-state index in [-0.39, 0.29) is 18.6 Å². The van der Waals surface area contributed by atoms with Crippen LogP contribution in [0.5, 0.6) is 0 Å². The van der Waals surface area contributed by atoms with Crippen molar-refractivity contribution < 1.29 is 18.3 Å². The summed E-state index contributed by atoms with van der Waals surface area (Å²) in [5.41, 5.74) is 0.790. The molecule has 6 nitrogen and oxygen atoms in total. The van der Waals surface area contributed by atoms with Gasteiger partial charge in [-0.2, -0.15) is 0 Å². The Morgan fingerprint density at radius 1 is 1.33 bits per heavy atom. The van der Waals surface area contributed by atoms with E-state index >= 15 is 0 Å². The van der Waals surface area contributed by atoms with Crippen molar-refractivity contribution in [2.24, 2.45) is 0 Å². The number of rotatable bonds is 5. The standard InChI is InChI=1S/C11H16N2O4S/c1-8(7-14)12-11(15)9-3-5-10(6-4-9)13-18(2,16)17/h3-6,8,13-14H,7H2,1-2H3,(H,12,15)/t8-/m0/s1. The average Bonchev–Trinajstić information content (AvgIpc) is 2.27. The van der Waals surface area contributed by atoms with Crippen LogP contribution in [0.4, 0.5) is 5.69 Å². The molecule has 0 unspecified atom stereocenters. The predicted octanol–water partition coefficient (Wildman–Crippen LogP) is 0.169. The molecule has 0 aliphatic heterocycles. The number of anilines is 1. The highest BCUT2D eigenvalue weighted by Gasteiger charge is 2.09. The second kappa shape index (κ2) is 5.83. The van der Waals surface area contributed by atoms with Crippen LogP contribution in [0, 0.1) is 0 Å². The molecule has 7 heteroatoms. The van der Waals surface area contributed by atoms with E-state index < -0.39 is 10.0 Å². The number of nitrogens with one attached hydrogen (secondary N) is 2. The number of aliphatic hydroxyl groups is 1. The Labute approximate surface area is 106 Å². The average molecular weight is 272 g/mol. The SMILES string of the molecule is C[C@@H](CO)NC(=O)c1ccc(NS(C)(=O)=O)cc1. The molecule has 3 N–H and O–H groups in total. The van der Waals surface area contributed by atoms with Crippen LogP contribution in [0.15, 0.2) is 24.3 Å². The number of benzene rings is 1. The minimum atomic E-state index is -3.32. The quantitative estimate of drug-likeness (QED) is 0.712. The van der Waals surface area contributed by atoms with Crippen molar-refractivity contribution in [3.8, 4) is 0 Å². The zero-order valence-electron chi connectivity index (χ0n) is 10.2. The molecule has 1 aromatic rings. The molecule has 0 radical (unpaired) electrons. The molecule has 1 rings (SSSR count). The molecule has 0 spiro atoms. The van der Waals surface area contributed by atoms with E-state index in [2.05, 4.69) is 10.0 Å². The van der Waals surface area contributed by atoms with Gasteiger partial charge in [-0.05, 0) is 31.2 Å². The molecule has 1 amide bonds. The first kappa shape index (κ1) is 14.5. The number of amides is 1. The smallest absolute Gasteiger partial charge is 0.251 e. The van der Waals surface area contributed by atoms with Crippen LogP contribution in [-0.2, 0) is 10.0 Å². The summed E-state index contributed by atoms with van der Waals surface area (Å²) >= 11 is 0. The Morgan fingerprint density at radius 2 is 1.89 bits per heavy atom. The topological polar surface area (TPSA) is 95.5 Å². The van der Waals surface area contributed by atoms with E-state index in [9.17, 15) is 13.2 Å². The summed E-state index contributed by atoms with van der Waals surface area (Å²) < 4.78 is 24.3. The Kier molecular flexibility index (Phi) is 4.69. The maximum absolute atomic E-state index is 11.6. The maximum atomic E-state index is 11.6. The van der Waals surface area contributed by atoms with Crippen LogP contribution >= 0.6 is 0 Å². The molecule has 1 atom stereocenters. The Balaban J connectivity index is 2.74. The van der Waals surface area contributed by atoms with Gasteiger partial charge < -0.3 is 10.4 Å². The highest BCUT2D eigenvalue weighted by Crippen LogP contribution is 2.10. The third-order valence-electron chi connectivity index (χ3n) is 2.10. The first-order chi connectivity index (χ1) is 8.31. The Hall–Kier alpha value is -1.60. The van der Waals surface area contributed by atoms with E-state index in [4.69, 9.17) is 5.11 Å². The maximum Gasteiger partial charge on any atom is 0.251 e. The summed E-state index contributed by atoms with van der Waals surface area (Å²) in [5, 5.41) is 11.4. The van der Waals surface area contributed by atoms with Crippen LogP contribution in [0.25, 0.3) is 0 Å². The first-order valence-corrected chi connectivity index (χ1v) is 7.20. The van der Waals surface area contributed by atoms with E-state index in [1.54, 1.807) is 6.92 Å². The van der Waals surface area contributed by atoms with Gasteiger partial charge in [-0.25, -0.2) is 8.42 Å². The summed E-state index contributed by atoms with van der Waals surface area (Å²) in [4.78, 5) is 11.6. The summed E-state index contributed by atoms with van der Waals surface area (Å²) in [6.07, 6.45) is 1.05. The molecule has 0 aliphatic rings. The van der Waals surface area contributed by atoms with Crippen LogP contribution in [0.1, 0.15) is 17.3 Å². The van der Waals surface area contributed by atoms with E-state index in [1.807, 2.05) is 0 Å². The predicted molar refractivity (Wildman–Crippen MR) is 68.9 cm³/mol. The van der Waals surface area contributed by atoms with Gasteiger partial charge >= 0.3 is 0 Å². The highest BCUT2D eigenvalue weighted by molar-refractivity contribution is 7.92. The van der Waals surface area contributed by atoms with Gasteiger partial charge in [-0.3, -0.25) is 9.52 Å². The summed E-state index contributed by atoms with van der Waals surface area (Å²) in [6.45, 7) is 1.54. The lowest BCUT2D eigenvalue weighted by Gasteiger charge is -2.11. The number of hydrogen-bond acceptors (Lipinski definition) is 4. The number of carbonyl (C=O) groups excluding carboxylic acids is 1. The fourth-order valence-electron chi connectivity index (χ4n) is 1.26. The van der Waals surface area contributed by atoms with E-state index in [0.717, 1.165) is 6.26 Å². The normalized spacial score (nSPS) is 12.8. The summed E-state index contributed by atoms with van der Waals surface area (Å²) in [6, 6.07) is 5.69. The van der Waals surface area contributed by atoms with Crippen LogP contribution in [0.3, 0.4) is 0 Å². The zero-order valence-corrected chi connectivity index (χ0v) is 11.0. The molecular weight excluding hydrogens is 256 g/mol. The Morgan fingerprint density at radius 3 is 2.33 bits per heavy atom. The second-order valence-electron chi connectivity index (χ2n) is 4.01.